The van der Waals surface area contributed by atoms with Crippen LogP contribution < -0.4 is 5.56 Å². The fourth-order valence-corrected chi connectivity index (χ4v) is 3.16. The zero-order valence-electron chi connectivity index (χ0n) is 16.7. The maximum Gasteiger partial charge on any atom is 0.435 e. The van der Waals surface area contributed by atoms with E-state index in [-0.39, 0.29) is 22.5 Å². The van der Waals surface area contributed by atoms with E-state index in [9.17, 15) is 36.2 Å². The molecule has 4 aromatic rings. The van der Waals surface area contributed by atoms with Gasteiger partial charge in [0.25, 0.3) is 17.3 Å². The van der Waals surface area contributed by atoms with Crippen LogP contribution in [0.5, 0.6) is 0 Å². The topological polar surface area (TPSA) is 109 Å². The Morgan fingerprint density at radius 1 is 1.03 bits per heavy atom. The van der Waals surface area contributed by atoms with Crippen LogP contribution in [0, 0.1) is 6.92 Å². The van der Waals surface area contributed by atoms with Gasteiger partial charge in [0.1, 0.15) is 11.2 Å². The molecule has 0 bridgehead atoms. The van der Waals surface area contributed by atoms with Crippen LogP contribution in [0.15, 0.2) is 39.5 Å². The number of H-pyrrole nitrogens is 1. The fraction of sp³-hybridized carbons (Fsp3) is 0.263. The first kappa shape index (κ1) is 22.5. The summed E-state index contributed by atoms with van der Waals surface area (Å²) in [5.41, 5.74) is -7.12. The summed E-state index contributed by atoms with van der Waals surface area (Å²) in [4.78, 5) is 15.7. The summed E-state index contributed by atoms with van der Waals surface area (Å²) < 4.78 is 85.6. The molecule has 0 saturated heterocycles. The first-order chi connectivity index (χ1) is 15.2. The molecule has 0 saturated carbocycles. The summed E-state index contributed by atoms with van der Waals surface area (Å²) in [6.45, 7) is 1.66. The van der Waals surface area contributed by atoms with Gasteiger partial charge in [-0.2, -0.15) is 36.0 Å². The second-order valence-corrected chi connectivity index (χ2v) is 7.26. The number of hydrogen-bond acceptors (Lipinski definition) is 6. The van der Waals surface area contributed by atoms with Gasteiger partial charge in [0, 0.05) is 5.69 Å². The van der Waals surface area contributed by atoms with Gasteiger partial charge in [0.05, 0.1) is 5.56 Å². The Hall–Kier alpha value is -3.68. The van der Waals surface area contributed by atoms with Gasteiger partial charge in [-0.3, -0.25) is 4.79 Å². The monoisotopic (exact) mass is 473 g/mol. The van der Waals surface area contributed by atoms with Crippen LogP contribution in [-0.2, 0) is 11.8 Å². The normalized spacial score (nSPS) is 14.6. The molecule has 1 unspecified atom stereocenters. The third-order valence-electron chi connectivity index (χ3n) is 4.91. The molecule has 2 N–H and O–H groups in total. The highest BCUT2D eigenvalue weighted by atomic mass is 19.4. The van der Waals surface area contributed by atoms with Crippen LogP contribution in [0.25, 0.3) is 28.2 Å². The average molecular weight is 473 g/mol. The van der Waals surface area contributed by atoms with Crippen molar-refractivity contribution in [2.45, 2.75) is 31.8 Å². The highest BCUT2D eigenvalue weighted by Gasteiger charge is 2.55. The van der Waals surface area contributed by atoms with Crippen LogP contribution in [0.4, 0.5) is 26.3 Å². The number of halogens is 6. The number of hydrogen-bond donors (Lipinski definition) is 2. The predicted molar refractivity (Wildman–Crippen MR) is 99.9 cm³/mol. The molecule has 3 heterocycles. The fourth-order valence-electron chi connectivity index (χ4n) is 3.16. The number of aromatic amines is 1. The molecule has 0 aliphatic carbocycles. The second-order valence-electron chi connectivity index (χ2n) is 7.26. The molecule has 1 atom stereocenters. The number of aryl methyl sites for hydroxylation is 1. The van der Waals surface area contributed by atoms with Gasteiger partial charge in [0.15, 0.2) is 5.69 Å². The maximum atomic E-state index is 13.7. The first-order valence-electron chi connectivity index (χ1n) is 9.15. The van der Waals surface area contributed by atoms with E-state index in [0.717, 1.165) is 0 Å². The minimum atomic E-state index is -5.17. The number of aromatic nitrogens is 5. The average Bonchev–Trinajstić information content (AvgIpc) is 3.33. The molecule has 1 aromatic carbocycles. The highest BCUT2D eigenvalue weighted by molar-refractivity contribution is 5.81. The Balaban J connectivity index is 1.97. The van der Waals surface area contributed by atoms with E-state index in [1.807, 2.05) is 0 Å². The molecule has 3 aromatic heterocycles. The second kappa shape index (κ2) is 7.16. The Bertz CT molecular complexity index is 1400. The third kappa shape index (κ3) is 3.55. The lowest BCUT2D eigenvalue weighted by Gasteiger charge is -2.21. The van der Waals surface area contributed by atoms with Crippen molar-refractivity contribution in [2.75, 3.05) is 0 Å². The molecule has 33 heavy (non-hydrogen) atoms. The lowest BCUT2D eigenvalue weighted by Crippen LogP contribution is -2.39. The quantitative estimate of drug-likeness (QED) is 0.438. The van der Waals surface area contributed by atoms with Gasteiger partial charge in [-0.1, -0.05) is 30.3 Å². The minimum Gasteiger partial charge on any atom is -0.417 e. The summed E-state index contributed by atoms with van der Waals surface area (Å²) >= 11 is 0. The molecule has 0 amide bonds. The van der Waals surface area contributed by atoms with Crippen molar-refractivity contribution < 1.29 is 35.9 Å². The van der Waals surface area contributed by atoms with Crippen molar-refractivity contribution in [2.24, 2.45) is 0 Å². The highest BCUT2D eigenvalue weighted by Crippen LogP contribution is 2.40. The number of benzene rings is 1. The van der Waals surface area contributed by atoms with Crippen LogP contribution in [0.2, 0.25) is 0 Å². The van der Waals surface area contributed by atoms with E-state index in [2.05, 4.69) is 20.3 Å². The molecule has 0 fully saturated rings. The van der Waals surface area contributed by atoms with E-state index in [1.165, 1.54) is 31.2 Å². The molecule has 8 nitrogen and oxygen atoms in total. The van der Waals surface area contributed by atoms with Gasteiger partial charge < -0.3 is 14.5 Å². The Kier molecular flexibility index (Phi) is 4.89. The zero-order valence-corrected chi connectivity index (χ0v) is 16.7. The molecule has 0 aliphatic rings. The van der Waals surface area contributed by atoms with Crippen molar-refractivity contribution >= 4 is 5.65 Å². The van der Waals surface area contributed by atoms with Gasteiger partial charge in [-0.05, 0) is 19.4 Å². The third-order valence-corrected chi connectivity index (χ3v) is 4.91. The van der Waals surface area contributed by atoms with Crippen molar-refractivity contribution in [3.63, 3.8) is 0 Å². The number of alkyl halides is 6. The number of nitrogens with zero attached hydrogens (tertiary/aromatic N) is 4. The van der Waals surface area contributed by atoms with Gasteiger partial charge >= 0.3 is 12.4 Å². The smallest absolute Gasteiger partial charge is 0.417 e. The first-order valence-corrected chi connectivity index (χ1v) is 9.15. The molecule has 174 valence electrons. The summed E-state index contributed by atoms with van der Waals surface area (Å²) in [5, 5.41) is 19.6. The summed E-state index contributed by atoms with van der Waals surface area (Å²) in [5.74, 6) is -1.98. The lowest BCUT2D eigenvalue weighted by molar-refractivity contribution is -0.266. The van der Waals surface area contributed by atoms with Crippen molar-refractivity contribution in [1.29, 1.82) is 0 Å². The Morgan fingerprint density at radius 3 is 2.24 bits per heavy atom. The van der Waals surface area contributed by atoms with Gasteiger partial charge in [-0.25, -0.2) is 0 Å². The number of rotatable bonds is 3. The molecular formula is C19H13F6N5O3. The number of nitrogens with one attached hydrogen (secondary N) is 1. The molecular weight excluding hydrogens is 460 g/mol. The van der Waals surface area contributed by atoms with E-state index in [1.54, 1.807) is 6.07 Å². The van der Waals surface area contributed by atoms with Crippen LogP contribution >= 0.6 is 0 Å². The predicted octanol–water partition coefficient (Wildman–Crippen LogP) is 3.84. The minimum absolute atomic E-state index is 0.0693. The van der Waals surface area contributed by atoms with E-state index in [0.29, 0.717) is 11.4 Å². The molecule has 14 heteroatoms. The maximum absolute atomic E-state index is 13.7. The molecule has 0 spiro atoms. The molecule has 0 aliphatic heterocycles. The zero-order chi connectivity index (χ0) is 24.3. The SMILES string of the molecule is Cc1[nH]c2c(-c3ccccc3)c(C(F)(F)F)nn2c(=O)c1-c1nnc(C(C)(O)C(F)(F)F)o1. The summed E-state index contributed by atoms with van der Waals surface area (Å²) in [6.07, 6.45) is -10.1. The number of aliphatic hydroxyl groups is 1. The van der Waals surface area contributed by atoms with Crippen molar-refractivity contribution in [3.8, 4) is 22.6 Å². The van der Waals surface area contributed by atoms with Crippen LogP contribution in [0.1, 0.15) is 24.2 Å². The van der Waals surface area contributed by atoms with Crippen LogP contribution in [-0.4, -0.2) is 36.1 Å². The Labute approximate surface area is 179 Å². The number of fused-ring (bicyclic) bond motifs is 1. The summed E-state index contributed by atoms with van der Waals surface area (Å²) in [7, 11) is 0. The standard InChI is InChI=1S/C19H13F6N5O3/c1-8-10(14-27-28-16(33-14)17(2,32)19(23,24)25)15(31)30-13(26-8)11(9-6-4-3-5-7-9)12(29-30)18(20,21)22/h3-7,26,32H,1-2H3. The molecule has 4 rings (SSSR count). The van der Waals surface area contributed by atoms with E-state index >= 15 is 0 Å². The van der Waals surface area contributed by atoms with Crippen molar-refractivity contribution in [1.82, 2.24) is 24.8 Å². The van der Waals surface area contributed by atoms with Crippen LogP contribution in [0.3, 0.4) is 0 Å². The summed E-state index contributed by atoms with van der Waals surface area (Å²) in [6, 6.07) is 7.40. The van der Waals surface area contributed by atoms with E-state index in [4.69, 9.17) is 4.42 Å². The van der Waals surface area contributed by atoms with Crippen molar-refractivity contribution in [3.05, 3.63) is 58.0 Å². The lowest BCUT2D eigenvalue weighted by atomic mass is 10.1. The molecule has 0 radical (unpaired) electrons. The van der Waals surface area contributed by atoms with Gasteiger partial charge in [-0.15, -0.1) is 10.2 Å². The Morgan fingerprint density at radius 2 is 1.67 bits per heavy atom. The largest absolute Gasteiger partial charge is 0.435 e. The van der Waals surface area contributed by atoms with E-state index < -0.39 is 46.6 Å². The van der Waals surface area contributed by atoms with Gasteiger partial charge in [0.2, 0.25) is 5.60 Å².